The third kappa shape index (κ3) is 5.32. The molecule has 2 N–H and O–H groups in total. The Morgan fingerprint density at radius 1 is 1.33 bits per heavy atom. The molecule has 0 aliphatic heterocycles. The van der Waals surface area contributed by atoms with E-state index >= 15 is 0 Å². The van der Waals surface area contributed by atoms with Gasteiger partial charge in [0, 0.05) is 4.47 Å². The Morgan fingerprint density at radius 3 is 2.67 bits per heavy atom. The zero-order valence-electron chi connectivity index (χ0n) is 10.5. The van der Waals surface area contributed by atoms with Gasteiger partial charge in [0.15, 0.2) is 0 Å². The summed E-state index contributed by atoms with van der Waals surface area (Å²) in [6.07, 6.45) is 1.47. The number of anilines is 1. The highest BCUT2D eigenvalue weighted by atomic mass is 79.9. The fourth-order valence-electron chi connectivity index (χ4n) is 1.41. The normalized spacial score (nSPS) is 11.5. The number of nitrogens with zero attached hydrogens (tertiary/aromatic N) is 1. The van der Waals surface area contributed by atoms with Gasteiger partial charge in [0.2, 0.25) is 10.0 Å². The lowest BCUT2D eigenvalue weighted by Crippen LogP contribution is -2.18. The summed E-state index contributed by atoms with van der Waals surface area (Å²) in [5.41, 5.74) is 0.755. The van der Waals surface area contributed by atoms with Crippen LogP contribution in [0.15, 0.2) is 16.6 Å². The molecule has 0 unspecified atom stereocenters. The van der Waals surface area contributed by atoms with Crippen LogP contribution in [-0.2, 0) is 10.0 Å². The number of aromatic nitrogens is 1. The lowest BCUT2D eigenvalue weighted by atomic mass is 10.3. The van der Waals surface area contributed by atoms with Crippen LogP contribution >= 0.6 is 15.9 Å². The van der Waals surface area contributed by atoms with Crippen molar-refractivity contribution in [3.8, 4) is 0 Å². The molecule has 7 heteroatoms. The van der Waals surface area contributed by atoms with Crippen molar-refractivity contribution in [2.45, 2.75) is 19.8 Å². The van der Waals surface area contributed by atoms with Gasteiger partial charge in [-0.25, -0.2) is 13.4 Å². The Bertz CT molecular complexity index is 491. The number of hydrogen-bond donors (Lipinski definition) is 2. The van der Waals surface area contributed by atoms with Gasteiger partial charge in [0.1, 0.15) is 5.82 Å². The van der Waals surface area contributed by atoms with E-state index in [1.807, 2.05) is 14.0 Å². The van der Waals surface area contributed by atoms with E-state index in [0.717, 1.165) is 23.1 Å². The second-order valence-corrected chi connectivity index (χ2v) is 6.69. The van der Waals surface area contributed by atoms with Crippen molar-refractivity contribution in [3.63, 3.8) is 0 Å². The van der Waals surface area contributed by atoms with Crippen molar-refractivity contribution in [1.82, 2.24) is 10.3 Å². The van der Waals surface area contributed by atoms with Crippen LogP contribution in [0.1, 0.15) is 18.5 Å². The average Bonchev–Trinajstić information content (AvgIpc) is 2.29. The van der Waals surface area contributed by atoms with Gasteiger partial charge in [-0.2, -0.15) is 0 Å². The SMILES string of the molecule is CNCCCCS(=O)(=O)Nc1ccc(Br)c(C)n1. The minimum absolute atomic E-state index is 0.117. The van der Waals surface area contributed by atoms with Crippen LogP contribution in [0.2, 0.25) is 0 Å². The molecule has 0 bridgehead atoms. The standard InChI is InChI=1S/C11H18BrN3O2S/c1-9-10(12)5-6-11(14-9)15-18(16,17)8-4-3-7-13-2/h5-6,13H,3-4,7-8H2,1-2H3,(H,14,15). The molecule has 0 aromatic carbocycles. The van der Waals surface area contributed by atoms with Crippen molar-refractivity contribution in [2.24, 2.45) is 0 Å². The number of hydrogen-bond acceptors (Lipinski definition) is 4. The number of rotatable bonds is 7. The third-order valence-corrected chi connectivity index (χ3v) is 4.56. The van der Waals surface area contributed by atoms with Crippen molar-refractivity contribution < 1.29 is 8.42 Å². The highest BCUT2D eigenvalue weighted by Gasteiger charge is 2.11. The maximum atomic E-state index is 11.8. The van der Waals surface area contributed by atoms with Crippen LogP contribution in [0, 0.1) is 6.92 Å². The van der Waals surface area contributed by atoms with E-state index in [0.29, 0.717) is 12.2 Å². The average molecular weight is 336 g/mol. The Labute approximate surface area is 117 Å². The van der Waals surface area contributed by atoms with Crippen LogP contribution < -0.4 is 10.0 Å². The van der Waals surface area contributed by atoms with E-state index in [-0.39, 0.29) is 5.75 Å². The van der Waals surface area contributed by atoms with E-state index in [1.54, 1.807) is 12.1 Å². The van der Waals surface area contributed by atoms with Crippen LogP contribution in [0.25, 0.3) is 0 Å². The van der Waals surface area contributed by atoms with Gasteiger partial charge in [0.05, 0.1) is 11.4 Å². The molecule has 18 heavy (non-hydrogen) atoms. The minimum atomic E-state index is -3.30. The van der Waals surface area contributed by atoms with Gasteiger partial charge in [0.25, 0.3) is 0 Å². The molecule has 0 saturated heterocycles. The summed E-state index contributed by atoms with van der Waals surface area (Å²) in [6, 6.07) is 3.42. The fourth-order valence-corrected chi connectivity index (χ4v) is 2.74. The van der Waals surface area contributed by atoms with Crippen molar-refractivity contribution >= 4 is 31.8 Å². The Hall–Kier alpha value is -0.660. The molecule has 5 nitrogen and oxygen atoms in total. The monoisotopic (exact) mass is 335 g/mol. The molecule has 0 aliphatic rings. The maximum Gasteiger partial charge on any atom is 0.233 e. The van der Waals surface area contributed by atoms with E-state index in [9.17, 15) is 8.42 Å². The molecular weight excluding hydrogens is 318 g/mol. The first kappa shape index (κ1) is 15.4. The van der Waals surface area contributed by atoms with Gasteiger partial charge in [-0.1, -0.05) is 0 Å². The topological polar surface area (TPSA) is 71.1 Å². The summed E-state index contributed by atoms with van der Waals surface area (Å²) >= 11 is 3.32. The molecule has 0 saturated carbocycles. The maximum absolute atomic E-state index is 11.8. The molecule has 0 fully saturated rings. The number of halogens is 1. The summed E-state index contributed by atoms with van der Waals surface area (Å²) in [5.74, 6) is 0.482. The molecular formula is C11H18BrN3O2S. The first-order valence-corrected chi connectivity index (χ1v) is 8.17. The zero-order chi connectivity index (χ0) is 13.6. The highest BCUT2D eigenvalue weighted by Crippen LogP contribution is 2.17. The molecule has 0 atom stereocenters. The number of pyridine rings is 1. The van der Waals surface area contributed by atoms with Gasteiger partial charge < -0.3 is 5.32 Å². The highest BCUT2D eigenvalue weighted by molar-refractivity contribution is 9.10. The predicted octanol–water partition coefficient (Wildman–Crippen LogP) is 1.89. The summed E-state index contributed by atoms with van der Waals surface area (Å²) in [5, 5.41) is 2.98. The van der Waals surface area contributed by atoms with E-state index < -0.39 is 10.0 Å². The molecule has 0 aliphatic carbocycles. The molecule has 102 valence electrons. The third-order valence-electron chi connectivity index (χ3n) is 2.37. The lowest BCUT2D eigenvalue weighted by Gasteiger charge is -2.08. The minimum Gasteiger partial charge on any atom is -0.320 e. The van der Waals surface area contributed by atoms with Gasteiger partial charge in [-0.3, -0.25) is 4.72 Å². The smallest absolute Gasteiger partial charge is 0.233 e. The summed E-state index contributed by atoms with van der Waals surface area (Å²) < 4.78 is 26.9. The van der Waals surface area contributed by atoms with Crippen molar-refractivity contribution in [2.75, 3.05) is 24.1 Å². The first-order chi connectivity index (χ1) is 8.44. The van der Waals surface area contributed by atoms with Crippen LogP contribution in [0.5, 0.6) is 0 Å². The predicted molar refractivity (Wildman–Crippen MR) is 77.2 cm³/mol. The zero-order valence-corrected chi connectivity index (χ0v) is 12.9. The summed E-state index contributed by atoms with van der Waals surface area (Å²) in [4.78, 5) is 4.15. The molecule has 0 spiro atoms. The van der Waals surface area contributed by atoms with Crippen LogP contribution in [0.3, 0.4) is 0 Å². The van der Waals surface area contributed by atoms with Crippen molar-refractivity contribution in [1.29, 1.82) is 0 Å². The van der Waals surface area contributed by atoms with Gasteiger partial charge >= 0.3 is 0 Å². The quantitative estimate of drug-likeness (QED) is 0.746. The molecule has 0 amide bonds. The fraction of sp³-hybridized carbons (Fsp3) is 0.545. The largest absolute Gasteiger partial charge is 0.320 e. The van der Waals surface area contributed by atoms with Crippen LogP contribution in [-0.4, -0.2) is 32.7 Å². The number of sulfonamides is 1. The van der Waals surface area contributed by atoms with Crippen molar-refractivity contribution in [3.05, 3.63) is 22.3 Å². The summed E-state index contributed by atoms with van der Waals surface area (Å²) in [7, 11) is -1.45. The number of unbranched alkanes of at least 4 members (excludes halogenated alkanes) is 1. The Balaban J connectivity index is 2.56. The molecule has 0 radical (unpaired) electrons. The molecule has 1 heterocycles. The van der Waals surface area contributed by atoms with E-state index in [4.69, 9.17) is 0 Å². The summed E-state index contributed by atoms with van der Waals surface area (Å²) in [6.45, 7) is 2.64. The first-order valence-electron chi connectivity index (χ1n) is 5.73. The molecule has 1 aromatic heterocycles. The number of aryl methyl sites for hydroxylation is 1. The Kier molecular flexibility index (Phi) is 6.04. The number of nitrogens with one attached hydrogen (secondary N) is 2. The molecule has 1 aromatic rings. The lowest BCUT2D eigenvalue weighted by molar-refractivity contribution is 0.595. The second-order valence-electron chi connectivity index (χ2n) is 4.00. The van der Waals surface area contributed by atoms with E-state index in [1.165, 1.54) is 0 Å². The van der Waals surface area contributed by atoms with Gasteiger partial charge in [-0.05, 0) is 61.4 Å². The van der Waals surface area contributed by atoms with E-state index in [2.05, 4.69) is 31.0 Å². The molecule has 1 rings (SSSR count). The van der Waals surface area contributed by atoms with Crippen LogP contribution in [0.4, 0.5) is 5.82 Å². The van der Waals surface area contributed by atoms with Gasteiger partial charge in [-0.15, -0.1) is 0 Å². The Morgan fingerprint density at radius 2 is 2.06 bits per heavy atom. The second kappa shape index (κ2) is 7.06.